The van der Waals surface area contributed by atoms with Gasteiger partial charge in [0.25, 0.3) is 0 Å². The van der Waals surface area contributed by atoms with Crippen molar-refractivity contribution < 1.29 is 28.5 Å². The third-order valence-corrected chi connectivity index (χ3v) is 4.01. The molecule has 0 spiro atoms. The van der Waals surface area contributed by atoms with E-state index in [2.05, 4.69) is 0 Å². The Hall–Kier alpha value is -3.21. The molecule has 0 amide bonds. The lowest BCUT2D eigenvalue weighted by Gasteiger charge is -2.30. The van der Waals surface area contributed by atoms with Crippen LogP contribution in [0.25, 0.3) is 0 Å². The molecule has 0 radical (unpaired) electrons. The van der Waals surface area contributed by atoms with Crippen molar-refractivity contribution in [2.45, 2.75) is 45.8 Å². The van der Waals surface area contributed by atoms with Gasteiger partial charge in [-0.25, -0.2) is 0 Å². The van der Waals surface area contributed by atoms with Gasteiger partial charge in [-0.3, -0.25) is 9.59 Å². The maximum Gasteiger partial charge on any atom is 0.321 e. The van der Waals surface area contributed by atoms with Gasteiger partial charge in [0.05, 0.1) is 30.8 Å². The van der Waals surface area contributed by atoms with Gasteiger partial charge in [-0.05, 0) is 45.9 Å². The van der Waals surface area contributed by atoms with Crippen molar-refractivity contribution in [3.63, 3.8) is 0 Å². The predicted molar refractivity (Wildman–Crippen MR) is 99.1 cm³/mol. The smallest absolute Gasteiger partial charge is 0.321 e. The molecule has 0 bridgehead atoms. The molecule has 8 heteroatoms. The van der Waals surface area contributed by atoms with E-state index < -0.39 is 36.0 Å². The lowest BCUT2D eigenvalue weighted by atomic mass is 9.79. The molecule has 1 aromatic rings. The first kappa shape index (κ1) is 21.1. The SMILES string of the molecule is COc1ccc2c(c1)[C@@H](C(C(=O)OC(C)C)C(=O)OC(C)C)C(C#N)=C(N)O2. The standard InChI is InChI=1S/C20H24N2O6/c1-10(2)26-19(23)17(20(24)27-11(3)4)16-13-8-12(25-5)6-7-15(13)28-18(22)14(16)9-21/h6-8,10-11,16-17H,22H2,1-5H3/t16-/m1/s1. The number of fused-ring (bicyclic) bond motifs is 1. The topological polar surface area (TPSA) is 121 Å². The first-order chi connectivity index (χ1) is 13.2. The Morgan fingerprint density at radius 2 is 1.71 bits per heavy atom. The molecule has 0 saturated heterocycles. The first-order valence-electron chi connectivity index (χ1n) is 8.86. The van der Waals surface area contributed by atoms with Crippen LogP contribution in [0, 0.1) is 17.2 Å². The molecular formula is C20H24N2O6. The summed E-state index contributed by atoms with van der Waals surface area (Å²) < 4.78 is 21.3. The number of allylic oxidation sites excluding steroid dienone is 1. The van der Waals surface area contributed by atoms with E-state index in [0.29, 0.717) is 17.1 Å². The number of esters is 2. The van der Waals surface area contributed by atoms with Crippen LogP contribution in [-0.2, 0) is 19.1 Å². The second-order valence-electron chi connectivity index (χ2n) is 6.82. The van der Waals surface area contributed by atoms with Crippen LogP contribution in [0.4, 0.5) is 0 Å². The van der Waals surface area contributed by atoms with Crippen LogP contribution in [-0.4, -0.2) is 31.3 Å². The highest BCUT2D eigenvalue weighted by Gasteiger charge is 2.45. The Kier molecular flexibility index (Phi) is 6.52. The van der Waals surface area contributed by atoms with E-state index in [1.54, 1.807) is 45.9 Å². The maximum atomic E-state index is 12.8. The Labute approximate surface area is 163 Å². The second kappa shape index (κ2) is 8.65. The Morgan fingerprint density at radius 3 is 2.18 bits per heavy atom. The fraction of sp³-hybridized carbons (Fsp3) is 0.450. The molecule has 0 saturated carbocycles. The monoisotopic (exact) mass is 388 g/mol. The highest BCUT2D eigenvalue weighted by atomic mass is 16.6. The number of carbonyl (C=O) groups excluding carboxylic acids is 2. The maximum absolute atomic E-state index is 12.8. The number of nitrogens with zero attached hydrogens (tertiary/aromatic N) is 1. The summed E-state index contributed by atoms with van der Waals surface area (Å²) in [4.78, 5) is 25.7. The minimum absolute atomic E-state index is 0.0489. The number of ether oxygens (including phenoxy) is 4. The largest absolute Gasteiger partial charge is 0.497 e. The minimum Gasteiger partial charge on any atom is -0.497 e. The normalized spacial score (nSPS) is 15.8. The number of nitriles is 1. The zero-order chi connectivity index (χ0) is 21.0. The molecule has 1 atom stereocenters. The van der Waals surface area contributed by atoms with Crippen LogP contribution in [0.15, 0.2) is 29.7 Å². The molecule has 2 N–H and O–H groups in total. The summed E-state index contributed by atoms with van der Waals surface area (Å²) in [6.45, 7) is 6.66. The number of rotatable bonds is 6. The lowest BCUT2D eigenvalue weighted by Crippen LogP contribution is -2.38. The summed E-state index contributed by atoms with van der Waals surface area (Å²) in [6.07, 6.45) is -0.920. The highest BCUT2D eigenvalue weighted by Crippen LogP contribution is 2.44. The van der Waals surface area contributed by atoms with E-state index in [4.69, 9.17) is 24.7 Å². The summed E-state index contributed by atoms with van der Waals surface area (Å²) >= 11 is 0. The number of carbonyl (C=O) groups is 2. The molecular weight excluding hydrogens is 364 g/mol. The van der Waals surface area contributed by atoms with E-state index in [1.807, 2.05) is 6.07 Å². The van der Waals surface area contributed by atoms with Crippen LogP contribution >= 0.6 is 0 Å². The minimum atomic E-state index is -1.42. The van der Waals surface area contributed by atoms with Crippen molar-refractivity contribution in [3.8, 4) is 17.6 Å². The summed E-state index contributed by atoms with van der Waals surface area (Å²) in [5, 5.41) is 9.66. The van der Waals surface area contributed by atoms with E-state index >= 15 is 0 Å². The summed E-state index contributed by atoms with van der Waals surface area (Å²) in [6, 6.07) is 6.80. The average Bonchev–Trinajstić information content (AvgIpc) is 2.60. The van der Waals surface area contributed by atoms with Gasteiger partial charge in [0, 0.05) is 5.56 Å². The van der Waals surface area contributed by atoms with Gasteiger partial charge in [-0.1, -0.05) is 0 Å². The molecule has 1 aromatic carbocycles. The Morgan fingerprint density at radius 1 is 1.14 bits per heavy atom. The van der Waals surface area contributed by atoms with E-state index in [0.717, 1.165) is 0 Å². The molecule has 28 heavy (non-hydrogen) atoms. The molecule has 8 nitrogen and oxygen atoms in total. The van der Waals surface area contributed by atoms with Gasteiger partial charge in [0.2, 0.25) is 5.88 Å². The van der Waals surface area contributed by atoms with Crippen molar-refractivity contribution in [3.05, 3.63) is 35.2 Å². The number of nitrogens with two attached hydrogens (primary N) is 1. The van der Waals surface area contributed by atoms with Crippen LogP contribution in [0.3, 0.4) is 0 Å². The number of methoxy groups -OCH3 is 1. The fourth-order valence-electron chi connectivity index (χ4n) is 2.92. The molecule has 1 aliphatic heterocycles. The van der Waals surface area contributed by atoms with Crippen LogP contribution < -0.4 is 15.2 Å². The van der Waals surface area contributed by atoms with Crippen molar-refractivity contribution in [1.82, 2.24) is 0 Å². The molecule has 0 unspecified atom stereocenters. The number of hydrogen-bond acceptors (Lipinski definition) is 8. The third kappa shape index (κ3) is 4.36. The van der Waals surface area contributed by atoms with E-state index in [9.17, 15) is 14.9 Å². The van der Waals surface area contributed by atoms with E-state index in [1.165, 1.54) is 7.11 Å². The van der Waals surface area contributed by atoms with Gasteiger partial charge in [0.1, 0.15) is 17.6 Å². The molecule has 0 fully saturated rings. The molecule has 1 aliphatic rings. The van der Waals surface area contributed by atoms with Gasteiger partial charge in [0.15, 0.2) is 5.92 Å². The fourth-order valence-corrected chi connectivity index (χ4v) is 2.92. The third-order valence-electron chi connectivity index (χ3n) is 4.01. The predicted octanol–water partition coefficient (Wildman–Crippen LogP) is 2.38. The van der Waals surface area contributed by atoms with Gasteiger partial charge < -0.3 is 24.7 Å². The van der Waals surface area contributed by atoms with Crippen molar-refractivity contribution in [2.75, 3.05) is 7.11 Å². The zero-order valence-electron chi connectivity index (χ0n) is 16.5. The molecule has 2 rings (SSSR count). The van der Waals surface area contributed by atoms with Crippen LogP contribution in [0.2, 0.25) is 0 Å². The van der Waals surface area contributed by atoms with Crippen molar-refractivity contribution >= 4 is 11.9 Å². The second-order valence-corrected chi connectivity index (χ2v) is 6.82. The Balaban J connectivity index is 2.66. The first-order valence-corrected chi connectivity index (χ1v) is 8.86. The van der Waals surface area contributed by atoms with Crippen molar-refractivity contribution in [2.24, 2.45) is 11.7 Å². The van der Waals surface area contributed by atoms with E-state index in [-0.39, 0.29) is 11.5 Å². The lowest BCUT2D eigenvalue weighted by molar-refractivity contribution is -0.167. The molecule has 0 aromatic heterocycles. The molecule has 150 valence electrons. The highest BCUT2D eigenvalue weighted by molar-refractivity contribution is 5.97. The van der Waals surface area contributed by atoms with Gasteiger partial charge >= 0.3 is 11.9 Å². The van der Waals surface area contributed by atoms with Crippen LogP contribution in [0.1, 0.15) is 39.2 Å². The average molecular weight is 388 g/mol. The summed E-state index contributed by atoms with van der Waals surface area (Å²) in [5.74, 6) is -3.44. The number of hydrogen-bond donors (Lipinski definition) is 1. The van der Waals surface area contributed by atoms with Crippen LogP contribution in [0.5, 0.6) is 11.5 Å². The zero-order valence-corrected chi connectivity index (χ0v) is 16.5. The van der Waals surface area contributed by atoms with Gasteiger partial charge in [-0.15, -0.1) is 0 Å². The summed E-state index contributed by atoms with van der Waals surface area (Å²) in [5.41, 5.74) is 6.27. The quantitative estimate of drug-likeness (QED) is 0.582. The summed E-state index contributed by atoms with van der Waals surface area (Å²) in [7, 11) is 1.48. The Bertz CT molecular complexity index is 816. The number of benzene rings is 1. The van der Waals surface area contributed by atoms with Crippen molar-refractivity contribution in [1.29, 1.82) is 5.26 Å². The molecule has 0 aliphatic carbocycles. The molecule has 1 heterocycles. The van der Waals surface area contributed by atoms with Gasteiger partial charge in [-0.2, -0.15) is 5.26 Å².